The highest BCUT2D eigenvalue weighted by Gasteiger charge is 2.30. The molecule has 1 fully saturated rings. The van der Waals surface area contributed by atoms with Crippen LogP contribution in [0.1, 0.15) is 46.6 Å². The van der Waals surface area contributed by atoms with Crippen LogP contribution in [0, 0.1) is 12.8 Å². The topological polar surface area (TPSA) is 58.2 Å². The number of halogens is 1. The molecule has 3 rings (SSSR count). The summed E-state index contributed by atoms with van der Waals surface area (Å²) >= 11 is 4.84. The first-order valence-corrected chi connectivity index (χ1v) is 9.53. The minimum atomic E-state index is -0.118. The lowest BCUT2D eigenvalue weighted by Crippen LogP contribution is -2.26. The van der Waals surface area contributed by atoms with Gasteiger partial charge in [0, 0.05) is 10.4 Å². The predicted molar refractivity (Wildman–Crippen MR) is 100 cm³/mol. The van der Waals surface area contributed by atoms with Crippen molar-refractivity contribution in [1.82, 2.24) is 5.32 Å². The number of rotatable bonds is 5. The maximum Gasteiger partial charge on any atom is 0.262 e. The van der Waals surface area contributed by atoms with Crippen LogP contribution in [0.5, 0.6) is 0 Å². The Morgan fingerprint density at radius 3 is 2.67 bits per heavy atom. The maximum absolute atomic E-state index is 12.6. The number of carbonyl (C=O) groups excluding carboxylic acids is 2. The summed E-state index contributed by atoms with van der Waals surface area (Å²) in [5.74, 6) is 0.0950. The van der Waals surface area contributed by atoms with Crippen molar-refractivity contribution in [3.05, 3.63) is 50.8 Å². The van der Waals surface area contributed by atoms with Crippen molar-refractivity contribution in [3.8, 4) is 0 Å². The number of hydrogen-bond acceptors (Lipinski definition) is 3. The molecule has 1 aliphatic carbocycles. The Labute approximate surface area is 153 Å². The van der Waals surface area contributed by atoms with Gasteiger partial charge in [0.2, 0.25) is 5.91 Å². The molecule has 0 bridgehead atoms. The fraction of sp³-hybridized carbons (Fsp3) is 0.333. The number of thiophene rings is 1. The fourth-order valence-corrected chi connectivity index (χ4v) is 4.11. The molecule has 1 atom stereocenters. The number of amides is 2. The standard InChI is InChI=1S/C18H19BrN2O2S/c1-10-9-15(21-17(22)12-7-8-12)24-16(10)18(23)20-11(2)13-5-3-4-6-14(13)19/h3-6,9,11-12H,7-8H2,1-2H3,(H,20,23)(H,21,22)/t11-/m0/s1. The summed E-state index contributed by atoms with van der Waals surface area (Å²) in [4.78, 5) is 25.1. The molecule has 0 saturated heterocycles. The number of hydrogen-bond donors (Lipinski definition) is 2. The van der Waals surface area contributed by atoms with E-state index >= 15 is 0 Å². The first kappa shape index (κ1) is 17.2. The molecule has 1 saturated carbocycles. The van der Waals surface area contributed by atoms with Crippen LogP contribution in [-0.4, -0.2) is 11.8 Å². The number of anilines is 1. The molecule has 0 aliphatic heterocycles. The van der Waals surface area contributed by atoms with Gasteiger partial charge in [0.1, 0.15) is 0 Å². The van der Waals surface area contributed by atoms with E-state index in [2.05, 4.69) is 26.6 Å². The Morgan fingerprint density at radius 1 is 1.29 bits per heavy atom. The first-order chi connectivity index (χ1) is 11.5. The molecule has 4 nitrogen and oxygen atoms in total. The molecular weight excluding hydrogens is 388 g/mol. The molecule has 2 amide bonds. The third kappa shape index (κ3) is 3.87. The van der Waals surface area contributed by atoms with Crippen LogP contribution in [0.3, 0.4) is 0 Å². The van der Waals surface area contributed by atoms with E-state index in [1.165, 1.54) is 11.3 Å². The summed E-state index contributed by atoms with van der Waals surface area (Å²) in [5.41, 5.74) is 1.91. The van der Waals surface area contributed by atoms with Crippen LogP contribution in [0.4, 0.5) is 5.00 Å². The second-order valence-corrected chi connectivity index (χ2v) is 8.01. The molecule has 1 aromatic heterocycles. The van der Waals surface area contributed by atoms with E-state index in [-0.39, 0.29) is 23.8 Å². The van der Waals surface area contributed by atoms with Crippen LogP contribution < -0.4 is 10.6 Å². The van der Waals surface area contributed by atoms with Crippen LogP contribution in [0.25, 0.3) is 0 Å². The van der Waals surface area contributed by atoms with Crippen LogP contribution in [0.15, 0.2) is 34.8 Å². The molecule has 1 heterocycles. The zero-order valence-electron chi connectivity index (χ0n) is 13.6. The van der Waals surface area contributed by atoms with Gasteiger partial charge >= 0.3 is 0 Å². The second kappa shape index (κ2) is 7.07. The fourth-order valence-electron chi connectivity index (χ4n) is 2.50. The summed E-state index contributed by atoms with van der Waals surface area (Å²) in [6, 6.07) is 9.59. The third-order valence-electron chi connectivity index (χ3n) is 4.04. The van der Waals surface area contributed by atoms with Gasteiger partial charge in [-0.05, 0) is 49.9 Å². The highest BCUT2D eigenvalue weighted by atomic mass is 79.9. The van der Waals surface area contributed by atoms with Crippen molar-refractivity contribution < 1.29 is 9.59 Å². The monoisotopic (exact) mass is 406 g/mol. The third-order valence-corrected chi connectivity index (χ3v) is 5.91. The lowest BCUT2D eigenvalue weighted by molar-refractivity contribution is -0.117. The lowest BCUT2D eigenvalue weighted by Gasteiger charge is -2.15. The second-order valence-electron chi connectivity index (χ2n) is 6.10. The van der Waals surface area contributed by atoms with Crippen molar-refractivity contribution in [3.63, 3.8) is 0 Å². The van der Waals surface area contributed by atoms with Crippen LogP contribution >= 0.6 is 27.3 Å². The van der Waals surface area contributed by atoms with Gasteiger partial charge in [-0.1, -0.05) is 34.1 Å². The molecule has 0 radical (unpaired) electrons. The van der Waals surface area contributed by atoms with Crippen LogP contribution in [0.2, 0.25) is 0 Å². The van der Waals surface area contributed by atoms with Gasteiger partial charge in [-0.15, -0.1) is 11.3 Å². The van der Waals surface area contributed by atoms with Crippen LogP contribution in [-0.2, 0) is 4.79 Å². The number of carbonyl (C=O) groups is 2. The van der Waals surface area contributed by atoms with Crippen molar-refractivity contribution in [2.75, 3.05) is 5.32 Å². The van der Waals surface area contributed by atoms with Gasteiger partial charge in [0.15, 0.2) is 0 Å². The molecule has 0 unspecified atom stereocenters. The Balaban J connectivity index is 1.69. The molecule has 1 aromatic carbocycles. The van der Waals surface area contributed by atoms with Crippen molar-refractivity contribution in [2.24, 2.45) is 5.92 Å². The van der Waals surface area contributed by atoms with E-state index in [1.54, 1.807) is 0 Å². The van der Waals surface area contributed by atoms with Crippen molar-refractivity contribution in [2.45, 2.75) is 32.7 Å². The maximum atomic E-state index is 12.6. The lowest BCUT2D eigenvalue weighted by atomic mass is 10.1. The summed E-state index contributed by atoms with van der Waals surface area (Å²) in [6.07, 6.45) is 1.93. The predicted octanol–water partition coefficient (Wildman–Crippen LogP) is 4.66. The Hall–Kier alpha value is -1.66. The highest BCUT2D eigenvalue weighted by Crippen LogP contribution is 2.33. The number of aryl methyl sites for hydroxylation is 1. The number of benzene rings is 1. The summed E-state index contributed by atoms with van der Waals surface area (Å²) in [7, 11) is 0. The molecule has 2 N–H and O–H groups in total. The summed E-state index contributed by atoms with van der Waals surface area (Å²) < 4.78 is 0.970. The van der Waals surface area contributed by atoms with Gasteiger partial charge in [-0.3, -0.25) is 9.59 Å². The normalized spacial score (nSPS) is 15.0. The Morgan fingerprint density at radius 2 is 2.00 bits per heavy atom. The molecule has 2 aromatic rings. The highest BCUT2D eigenvalue weighted by molar-refractivity contribution is 9.10. The molecule has 1 aliphatic rings. The molecular formula is C18H19BrN2O2S. The average molecular weight is 407 g/mol. The van der Waals surface area contributed by atoms with Gasteiger partial charge in [-0.25, -0.2) is 0 Å². The SMILES string of the molecule is Cc1cc(NC(=O)C2CC2)sc1C(=O)N[C@@H](C)c1ccccc1Br. The summed E-state index contributed by atoms with van der Waals surface area (Å²) in [5, 5.41) is 6.67. The molecule has 6 heteroatoms. The van der Waals surface area contributed by atoms with Gasteiger partial charge in [0.25, 0.3) is 5.91 Å². The Kier molecular flexibility index (Phi) is 5.06. The van der Waals surface area contributed by atoms with Crippen molar-refractivity contribution >= 4 is 44.1 Å². The zero-order valence-corrected chi connectivity index (χ0v) is 16.0. The van der Waals surface area contributed by atoms with E-state index in [0.29, 0.717) is 4.88 Å². The average Bonchev–Trinajstić information content (AvgIpc) is 3.32. The van der Waals surface area contributed by atoms with E-state index in [9.17, 15) is 9.59 Å². The smallest absolute Gasteiger partial charge is 0.262 e. The minimum absolute atomic E-state index is 0.0600. The quantitative estimate of drug-likeness (QED) is 0.758. The number of nitrogens with one attached hydrogen (secondary N) is 2. The largest absolute Gasteiger partial charge is 0.345 e. The molecule has 126 valence electrons. The van der Waals surface area contributed by atoms with Gasteiger partial charge in [0.05, 0.1) is 15.9 Å². The van der Waals surface area contributed by atoms with E-state index in [0.717, 1.165) is 33.4 Å². The summed E-state index contributed by atoms with van der Waals surface area (Å²) in [6.45, 7) is 3.85. The van der Waals surface area contributed by atoms with Gasteiger partial charge in [-0.2, -0.15) is 0 Å². The Bertz CT molecular complexity index is 783. The van der Waals surface area contributed by atoms with E-state index in [4.69, 9.17) is 0 Å². The van der Waals surface area contributed by atoms with Gasteiger partial charge < -0.3 is 10.6 Å². The zero-order chi connectivity index (χ0) is 17.3. The molecule has 24 heavy (non-hydrogen) atoms. The van der Waals surface area contributed by atoms with Crippen molar-refractivity contribution in [1.29, 1.82) is 0 Å². The first-order valence-electron chi connectivity index (χ1n) is 7.92. The molecule has 0 spiro atoms. The van der Waals surface area contributed by atoms with E-state index in [1.807, 2.05) is 44.2 Å². The van der Waals surface area contributed by atoms with E-state index < -0.39 is 0 Å². The minimum Gasteiger partial charge on any atom is -0.345 e.